The van der Waals surface area contributed by atoms with Gasteiger partial charge in [0.25, 0.3) is 0 Å². The predicted molar refractivity (Wildman–Crippen MR) is 124 cm³/mol. The van der Waals surface area contributed by atoms with Crippen molar-refractivity contribution in [3.63, 3.8) is 0 Å². The monoisotopic (exact) mass is 450 g/mol. The smallest absolute Gasteiger partial charge is 0.303 e. The van der Waals surface area contributed by atoms with Gasteiger partial charge in [-0.05, 0) is 97.2 Å². The van der Waals surface area contributed by atoms with Crippen LogP contribution in [-0.4, -0.2) is 45.2 Å². The highest BCUT2D eigenvalue weighted by Crippen LogP contribution is 2.69. The third-order valence-corrected chi connectivity index (χ3v) is 11.4. The van der Waals surface area contributed by atoms with Gasteiger partial charge >= 0.3 is 5.97 Å². The van der Waals surface area contributed by atoms with Gasteiger partial charge in [0.1, 0.15) is 0 Å². The summed E-state index contributed by atoms with van der Waals surface area (Å²) in [6, 6.07) is 0. The molecule has 4 aliphatic rings. The van der Waals surface area contributed by atoms with Gasteiger partial charge in [0.2, 0.25) is 0 Å². The molecule has 4 N–H and O–H groups in total. The summed E-state index contributed by atoms with van der Waals surface area (Å²) in [6.45, 7) is 9.32. The topological polar surface area (TPSA) is 98.0 Å². The van der Waals surface area contributed by atoms with Crippen molar-refractivity contribution in [3.05, 3.63) is 0 Å². The van der Waals surface area contributed by atoms with E-state index in [-0.39, 0.29) is 47.7 Å². The molecule has 4 rings (SSSR count). The number of hydrogen-bond acceptors (Lipinski definition) is 4. The molecule has 4 saturated carbocycles. The molecule has 0 heterocycles. The summed E-state index contributed by atoms with van der Waals surface area (Å²) in [6.07, 6.45) is 7.25. The van der Waals surface area contributed by atoms with Crippen molar-refractivity contribution in [1.29, 1.82) is 0 Å². The van der Waals surface area contributed by atoms with Crippen LogP contribution < -0.4 is 0 Å². The third kappa shape index (κ3) is 3.65. The maximum atomic E-state index is 11.8. The predicted octanol–water partition coefficient (Wildman–Crippen LogP) is 4.33. The van der Waals surface area contributed by atoms with E-state index in [1.54, 1.807) is 0 Å². The fourth-order valence-electron chi connectivity index (χ4n) is 9.87. The second-order valence-corrected chi connectivity index (χ2v) is 12.6. The molecule has 32 heavy (non-hydrogen) atoms. The van der Waals surface area contributed by atoms with Crippen molar-refractivity contribution in [1.82, 2.24) is 0 Å². The Balaban J connectivity index is 1.63. The van der Waals surface area contributed by atoms with Gasteiger partial charge in [0.05, 0.1) is 12.2 Å². The number of aliphatic hydroxyl groups is 3. The number of fused-ring (bicyclic) bond motifs is 5. The number of hydrogen-bond donors (Lipinski definition) is 4. The van der Waals surface area contributed by atoms with Crippen LogP contribution >= 0.6 is 0 Å². The molecule has 0 bridgehead atoms. The highest BCUT2D eigenvalue weighted by molar-refractivity contribution is 5.66. The lowest BCUT2D eigenvalue weighted by molar-refractivity contribution is -0.214. The minimum absolute atomic E-state index is 0.0461. The molecular weight excluding hydrogens is 404 g/mol. The van der Waals surface area contributed by atoms with E-state index in [1.807, 2.05) is 0 Å². The largest absolute Gasteiger partial charge is 0.481 e. The molecule has 0 radical (unpaired) electrons. The summed E-state index contributed by atoms with van der Waals surface area (Å²) < 4.78 is 0. The fraction of sp³-hybridized carbons (Fsp3) is 0.963. The van der Waals surface area contributed by atoms with Crippen molar-refractivity contribution in [3.8, 4) is 0 Å². The fourth-order valence-corrected chi connectivity index (χ4v) is 9.87. The zero-order valence-electron chi connectivity index (χ0n) is 20.5. The Morgan fingerprint density at radius 1 is 1.06 bits per heavy atom. The van der Waals surface area contributed by atoms with Gasteiger partial charge in [0.15, 0.2) is 0 Å². The van der Waals surface area contributed by atoms with Crippen LogP contribution in [0.25, 0.3) is 0 Å². The normalized spacial score (nSPS) is 51.4. The van der Waals surface area contributed by atoms with Crippen LogP contribution in [0, 0.1) is 58.2 Å². The lowest BCUT2D eigenvalue weighted by Gasteiger charge is -2.65. The van der Waals surface area contributed by atoms with Crippen LogP contribution in [0.2, 0.25) is 0 Å². The summed E-state index contributed by atoms with van der Waals surface area (Å²) in [5.74, 6) is 1.91. The number of carbonyl (C=O) groups is 1. The number of aliphatic carboxylic acids is 1. The van der Waals surface area contributed by atoms with E-state index in [2.05, 4.69) is 27.7 Å². The van der Waals surface area contributed by atoms with Crippen LogP contribution in [0.1, 0.15) is 85.5 Å². The van der Waals surface area contributed by atoms with Gasteiger partial charge in [-0.3, -0.25) is 4.79 Å². The molecule has 184 valence electrons. The first kappa shape index (κ1) is 24.5. The number of aliphatic hydroxyl groups excluding tert-OH is 3. The minimum Gasteiger partial charge on any atom is -0.481 e. The van der Waals surface area contributed by atoms with E-state index in [9.17, 15) is 25.2 Å². The van der Waals surface area contributed by atoms with Crippen molar-refractivity contribution >= 4 is 5.97 Å². The molecule has 3 unspecified atom stereocenters. The van der Waals surface area contributed by atoms with Crippen molar-refractivity contribution in [2.75, 3.05) is 6.61 Å². The van der Waals surface area contributed by atoms with Gasteiger partial charge < -0.3 is 20.4 Å². The van der Waals surface area contributed by atoms with Crippen LogP contribution in [0.15, 0.2) is 0 Å². The van der Waals surface area contributed by atoms with Crippen LogP contribution in [0.3, 0.4) is 0 Å². The Morgan fingerprint density at radius 2 is 1.75 bits per heavy atom. The van der Waals surface area contributed by atoms with Gasteiger partial charge in [-0.1, -0.05) is 34.1 Å². The molecule has 5 nitrogen and oxygen atoms in total. The molecule has 0 aromatic carbocycles. The van der Waals surface area contributed by atoms with Crippen LogP contribution in [0.4, 0.5) is 0 Å². The Labute approximate surface area is 194 Å². The minimum atomic E-state index is -0.703. The lowest BCUT2D eigenvalue weighted by Crippen LogP contribution is -2.63. The zero-order valence-corrected chi connectivity index (χ0v) is 20.5. The van der Waals surface area contributed by atoms with E-state index < -0.39 is 12.1 Å². The first-order valence-corrected chi connectivity index (χ1v) is 13.3. The molecular formula is C27H46O5. The molecule has 0 aromatic rings. The third-order valence-electron chi connectivity index (χ3n) is 11.4. The van der Waals surface area contributed by atoms with E-state index in [1.165, 1.54) is 0 Å². The maximum absolute atomic E-state index is 11.8. The Hall–Kier alpha value is -0.650. The summed E-state index contributed by atoms with van der Waals surface area (Å²) in [5.41, 5.74) is 0.234. The van der Waals surface area contributed by atoms with E-state index in [4.69, 9.17) is 0 Å². The van der Waals surface area contributed by atoms with Gasteiger partial charge in [-0.2, -0.15) is 0 Å². The van der Waals surface area contributed by atoms with Crippen molar-refractivity contribution in [2.45, 2.75) is 97.7 Å². The molecule has 4 aliphatic carbocycles. The number of rotatable bonds is 6. The second kappa shape index (κ2) is 8.85. The zero-order chi connectivity index (χ0) is 23.4. The first-order valence-electron chi connectivity index (χ1n) is 13.3. The highest BCUT2D eigenvalue weighted by Gasteiger charge is 2.65. The van der Waals surface area contributed by atoms with Gasteiger partial charge in [-0.15, -0.1) is 0 Å². The van der Waals surface area contributed by atoms with Gasteiger partial charge in [0, 0.05) is 18.9 Å². The average Bonchev–Trinajstić information content (AvgIpc) is 3.10. The second-order valence-electron chi connectivity index (χ2n) is 12.6. The lowest BCUT2D eigenvalue weighted by atomic mass is 9.40. The molecule has 0 spiro atoms. The molecule has 0 amide bonds. The van der Waals surface area contributed by atoms with Gasteiger partial charge in [-0.25, -0.2) is 0 Å². The highest BCUT2D eigenvalue weighted by atomic mass is 16.4. The molecule has 0 aromatic heterocycles. The van der Waals surface area contributed by atoms with Crippen LogP contribution in [0.5, 0.6) is 0 Å². The summed E-state index contributed by atoms with van der Waals surface area (Å²) >= 11 is 0. The van der Waals surface area contributed by atoms with Crippen LogP contribution in [-0.2, 0) is 4.79 Å². The summed E-state index contributed by atoms with van der Waals surface area (Å²) in [4.78, 5) is 11.2. The van der Waals surface area contributed by atoms with E-state index >= 15 is 0 Å². The molecule has 0 saturated heterocycles. The standard InChI is InChI=1S/C27H46O5/c1-5-17-21-12-22(29)16(14-28)13-27(21,4)20-10-11-26(3)18(15(2)6-9-23(30)31)7-8-19(26)24(20)25(17)32/h15-22,24-25,28-29,32H,5-14H2,1-4H3,(H,30,31)/t15-,16?,17-,18-,19+,20+,21?,22?,24+,25-,26-,27-/m1/s1. The Morgan fingerprint density at radius 3 is 2.38 bits per heavy atom. The SMILES string of the molecule is CC[C@@H]1C2CC(O)C(CO)C[C@]2(C)[C@H]2CC[C@]3(C)[C@@H]([C@H](C)CCC(=O)O)CC[C@H]3[C@@H]2[C@@H]1O. The van der Waals surface area contributed by atoms with E-state index in [0.29, 0.717) is 36.0 Å². The van der Waals surface area contributed by atoms with E-state index in [0.717, 1.165) is 44.9 Å². The molecule has 12 atom stereocenters. The molecule has 0 aliphatic heterocycles. The first-order chi connectivity index (χ1) is 15.1. The summed E-state index contributed by atoms with van der Waals surface area (Å²) in [5, 5.41) is 41.6. The molecule has 5 heteroatoms. The van der Waals surface area contributed by atoms with Crippen molar-refractivity contribution < 1.29 is 25.2 Å². The molecule has 4 fully saturated rings. The Bertz CT molecular complexity index is 696. The number of carboxylic acids is 1. The van der Waals surface area contributed by atoms with Crippen molar-refractivity contribution in [2.24, 2.45) is 58.2 Å². The maximum Gasteiger partial charge on any atom is 0.303 e. The Kier molecular flexibility index (Phi) is 6.77. The quantitative estimate of drug-likeness (QED) is 0.483. The number of carboxylic acid groups (broad SMARTS) is 1. The summed E-state index contributed by atoms with van der Waals surface area (Å²) in [7, 11) is 0. The average molecular weight is 451 g/mol.